The molecule has 2 aromatic rings. The fourth-order valence-electron chi connectivity index (χ4n) is 4.11. The number of halogens is 4. The second kappa shape index (κ2) is 10.3. The molecule has 1 amide bonds. The molecule has 11 heteroatoms. The van der Waals surface area contributed by atoms with Crippen LogP contribution in [0.5, 0.6) is 0 Å². The summed E-state index contributed by atoms with van der Waals surface area (Å²) in [7, 11) is -3.66. The molecule has 3 rings (SSSR count). The van der Waals surface area contributed by atoms with E-state index in [0.717, 1.165) is 37.3 Å². The van der Waals surface area contributed by atoms with Gasteiger partial charge in [0.05, 0.1) is 23.4 Å². The molecule has 198 valence electrons. The van der Waals surface area contributed by atoms with E-state index in [1.165, 1.54) is 18.2 Å². The largest absolute Gasteiger partial charge is 0.416 e. The van der Waals surface area contributed by atoms with E-state index in [4.69, 9.17) is 0 Å². The molecule has 1 aliphatic rings. The third-order valence-electron chi connectivity index (χ3n) is 6.51. The SMILES string of the molecule is CC(C(=O)NCc1ccc(C(F)(F)F)cc1N1CCC(C)(C)CC1)c1ccc(NS(C)(=O)=O)c(F)c1. The van der Waals surface area contributed by atoms with Crippen molar-refractivity contribution in [2.45, 2.75) is 52.3 Å². The number of anilines is 2. The Morgan fingerprint density at radius 2 is 1.75 bits per heavy atom. The van der Waals surface area contributed by atoms with Crippen LogP contribution in [0, 0.1) is 11.2 Å². The van der Waals surface area contributed by atoms with Gasteiger partial charge in [-0.2, -0.15) is 13.2 Å². The van der Waals surface area contributed by atoms with Gasteiger partial charge in [-0.05, 0) is 60.6 Å². The molecule has 1 atom stereocenters. The Balaban J connectivity index is 1.76. The van der Waals surface area contributed by atoms with Crippen molar-refractivity contribution >= 4 is 27.3 Å². The monoisotopic (exact) mass is 529 g/mol. The van der Waals surface area contributed by atoms with Crippen molar-refractivity contribution in [2.24, 2.45) is 5.41 Å². The molecule has 1 unspecified atom stereocenters. The number of nitrogens with one attached hydrogen (secondary N) is 2. The van der Waals surface area contributed by atoms with Gasteiger partial charge in [0, 0.05) is 25.3 Å². The van der Waals surface area contributed by atoms with Crippen molar-refractivity contribution in [2.75, 3.05) is 29.0 Å². The number of carbonyl (C=O) groups excluding carboxylic acids is 1. The van der Waals surface area contributed by atoms with Crippen molar-refractivity contribution in [1.29, 1.82) is 0 Å². The highest BCUT2D eigenvalue weighted by molar-refractivity contribution is 7.92. The Hall–Kier alpha value is -2.82. The number of piperidine rings is 1. The summed E-state index contributed by atoms with van der Waals surface area (Å²) in [5, 5.41) is 2.74. The van der Waals surface area contributed by atoms with Crippen LogP contribution in [0.4, 0.5) is 28.9 Å². The van der Waals surface area contributed by atoms with E-state index < -0.39 is 39.4 Å². The van der Waals surface area contributed by atoms with Crippen LogP contribution in [0.1, 0.15) is 56.2 Å². The van der Waals surface area contributed by atoms with E-state index in [-0.39, 0.29) is 17.6 Å². The number of alkyl halides is 3. The van der Waals surface area contributed by atoms with Crippen LogP contribution in [-0.4, -0.2) is 33.7 Å². The average Bonchev–Trinajstić information content (AvgIpc) is 2.77. The van der Waals surface area contributed by atoms with E-state index in [1.54, 1.807) is 6.92 Å². The van der Waals surface area contributed by atoms with Crippen molar-refractivity contribution in [3.63, 3.8) is 0 Å². The van der Waals surface area contributed by atoms with Crippen LogP contribution in [0.15, 0.2) is 36.4 Å². The van der Waals surface area contributed by atoms with Crippen LogP contribution in [0.2, 0.25) is 0 Å². The number of nitrogens with zero attached hydrogens (tertiary/aromatic N) is 1. The molecule has 1 fully saturated rings. The maximum absolute atomic E-state index is 14.3. The number of sulfonamides is 1. The lowest BCUT2D eigenvalue weighted by molar-refractivity contribution is -0.137. The molecule has 2 aromatic carbocycles. The molecule has 0 aromatic heterocycles. The predicted octanol–water partition coefficient (Wildman–Crippen LogP) is 5.26. The van der Waals surface area contributed by atoms with Gasteiger partial charge in [0.25, 0.3) is 0 Å². The van der Waals surface area contributed by atoms with Crippen molar-refractivity contribution in [3.8, 4) is 0 Å². The average molecular weight is 530 g/mol. The molecule has 0 radical (unpaired) electrons. The molecule has 0 aliphatic carbocycles. The highest BCUT2D eigenvalue weighted by Crippen LogP contribution is 2.37. The van der Waals surface area contributed by atoms with E-state index in [0.29, 0.717) is 29.9 Å². The van der Waals surface area contributed by atoms with Crippen LogP contribution >= 0.6 is 0 Å². The minimum atomic E-state index is -4.48. The zero-order chi connectivity index (χ0) is 26.9. The predicted molar refractivity (Wildman–Crippen MR) is 132 cm³/mol. The Labute approximate surface area is 209 Å². The van der Waals surface area contributed by atoms with Gasteiger partial charge in [0.15, 0.2) is 0 Å². The highest BCUT2D eigenvalue weighted by atomic mass is 32.2. The number of benzene rings is 2. The zero-order valence-corrected chi connectivity index (χ0v) is 21.5. The van der Waals surface area contributed by atoms with E-state index in [9.17, 15) is 30.8 Å². The molecular weight excluding hydrogens is 498 g/mol. The van der Waals surface area contributed by atoms with Crippen molar-refractivity contribution in [1.82, 2.24) is 5.32 Å². The normalized spacial score (nSPS) is 16.9. The van der Waals surface area contributed by atoms with Gasteiger partial charge in [-0.1, -0.05) is 26.0 Å². The fraction of sp³-hybridized carbons (Fsp3) is 0.480. The quantitative estimate of drug-likeness (QED) is 0.480. The second-order valence-electron chi connectivity index (χ2n) is 10.0. The summed E-state index contributed by atoms with van der Waals surface area (Å²) in [6, 6.07) is 7.28. The van der Waals surface area contributed by atoms with Gasteiger partial charge >= 0.3 is 6.18 Å². The minimum Gasteiger partial charge on any atom is -0.371 e. The zero-order valence-electron chi connectivity index (χ0n) is 20.7. The molecule has 1 heterocycles. The molecule has 36 heavy (non-hydrogen) atoms. The lowest BCUT2D eigenvalue weighted by Gasteiger charge is -2.39. The first-order valence-corrected chi connectivity index (χ1v) is 13.4. The third kappa shape index (κ3) is 7.11. The van der Waals surface area contributed by atoms with Crippen LogP contribution in [0.25, 0.3) is 0 Å². The van der Waals surface area contributed by atoms with Gasteiger partial charge in [-0.3, -0.25) is 9.52 Å². The maximum Gasteiger partial charge on any atom is 0.416 e. The van der Waals surface area contributed by atoms with Crippen molar-refractivity contribution in [3.05, 3.63) is 58.9 Å². The van der Waals surface area contributed by atoms with E-state index in [1.807, 2.05) is 4.90 Å². The molecule has 0 spiro atoms. The maximum atomic E-state index is 14.3. The number of carbonyl (C=O) groups is 1. The number of amides is 1. The summed E-state index contributed by atoms with van der Waals surface area (Å²) >= 11 is 0. The fourth-order valence-corrected chi connectivity index (χ4v) is 4.67. The smallest absolute Gasteiger partial charge is 0.371 e. The molecule has 0 saturated carbocycles. The molecule has 1 aliphatic heterocycles. The summed E-state index contributed by atoms with van der Waals surface area (Å²) in [5.74, 6) is -2.04. The summed E-state index contributed by atoms with van der Waals surface area (Å²) in [6.45, 7) is 7.05. The molecule has 2 N–H and O–H groups in total. The second-order valence-corrected chi connectivity index (χ2v) is 11.8. The first-order chi connectivity index (χ1) is 16.6. The minimum absolute atomic E-state index is 0.00668. The Morgan fingerprint density at radius 1 is 1.11 bits per heavy atom. The molecule has 0 bridgehead atoms. The Bertz CT molecular complexity index is 1220. The first-order valence-electron chi connectivity index (χ1n) is 11.6. The standard InChI is InChI=1S/C25H31F4N3O3S/c1-16(17-6-8-21(20(26)13-17)31-36(4,34)35)23(33)30-15-18-5-7-19(25(27,28)29)14-22(18)32-11-9-24(2,3)10-12-32/h5-8,13-14,16,31H,9-12,15H2,1-4H3,(H,30,33). The van der Waals surface area contributed by atoms with E-state index >= 15 is 0 Å². The number of rotatable bonds is 7. The third-order valence-corrected chi connectivity index (χ3v) is 7.10. The van der Waals surface area contributed by atoms with Crippen LogP contribution < -0.4 is 14.9 Å². The molecular formula is C25H31F4N3O3S. The molecule has 1 saturated heterocycles. The van der Waals surface area contributed by atoms with Gasteiger partial charge in [-0.25, -0.2) is 12.8 Å². The molecule has 6 nitrogen and oxygen atoms in total. The van der Waals surface area contributed by atoms with Gasteiger partial charge in [0.2, 0.25) is 15.9 Å². The summed E-state index contributed by atoms with van der Waals surface area (Å²) in [4.78, 5) is 14.7. The summed E-state index contributed by atoms with van der Waals surface area (Å²) in [6.07, 6.45) is -1.91. The van der Waals surface area contributed by atoms with Crippen LogP contribution in [0.3, 0.4) is 0 Å². The topological polar surface area (TPSA) is 78.5 Å². The van der Waals surface area contributed by atoms with E-state index in [2.05, 4.69) is 23.9 Å². The Morgan fingerprint density at radius 3 is 2.31 bits per heavy atom. The lowest BCUT2D eigenvalue weighted by Crippen LogP contribution is -2.38. The van der Waals surface area contributed by atoms with Crippen molar-refractivity contribution < 1.29 is 30.8 Å². The summed E-state index contributed by atoms with van der Waals surface area (Å²) in [5.41, 5.74) is 0.466. The van der Waals surface area contributed by atoms with Gasteiger partial charge in [0.1, 0.15) is 5.82 Å². The van der Waals surface area contributed by atoms with Gasteiger partial charge in [-0.15, -0.1) is 0 Å². The Kier molecular flexibility index (Phi) is 7.92. The number of hydrogen-bond donors (Lipinski definition) is 2. The summed E-state index contributed by atoms with van der Waals surface area (Å²) < 4.78 is 79.3. The van der Waals surface area contributed by atoms with Gasteiger partial charge < -0.3 is 10.2 Å². The highest BCUT2D eigenvalue weighted by Gasteiger charge is 2.33. The van der Waals surface area contributed by atoms with Crippen LogP contribution in [-0.2, 0) is 27.5 Å². The lowest BCUT2D eigenvalue weighted by atomic mass is 9.82. The first kappa shape index (κ1) is 27.8. The number of hydrogen-bond acceptors (Lipinski definition) is 4.